The number of aliphatic hydroxyl groups excluding tert-OH is 1. The third-order valence-electron chi connectivity index (χ3n) is 3.64. The molecule has 3 aromatic rings. The maximum absolute atomic E-state index is 12.7. The second kappa shape index (κ2) is 6.48. The van der Waals surface area contributed by atoms with Crippen LogP contribution in [-0.2, 0) is 12.6 Å². The molecule has 0 aliphatic rings. The summed E-state index contributed by atoms with van der Waals surface area (Å²) in [5.74, 6) is -0.163. The Bertz CT molecular complexity index is 831. The average Bonchev–Trinajstić information content (AvgIpc) is 2.97. The van der Waals surface area contributed by atoms with Crippen LogP contribution in [0.5, 0.6) is 0 Å². The molecule has 0 fully saturated rings. The van der Waals surface area contributed by atoms with Crippen molar-refractivity contribution in [2.75, 3.05) is 11.9 Å². The number of nitrogens with one attached hydrogen (secondary N) is 2. The van der Waals surface area contributed by atoms with Crippen molar-refractivity contribution >= 4 is 16.9 Å². The predicted molar refractivity (Wildman–Crippen MR) is 83.5 cm³/mol. The quantitative estimate of drug-likeness (QED) is 0.670. The Kier molecular flexibility index (Phi) is 4.39. The van der Waals surface area contributed by atoms with Gasteiger partial charge in [-0.1, -0.05) is 18.2 Å². The summed E-state index contributed by atoms with van der Waals surface area (Å²) >= 11 is 0. The van der Waals surface area contributed by atoms with Gasteiger partial charge in [0.2, 0.25) is 5.95 Å². The molecular weight excluding hydrogens is 321 g/mol. The third kappa shape index (κ3) is 3.48. The molecule has 5 nitrogen and oxygen atoms in total. The van der Waals surface area contributed by atoms with Gasteiger partial charge < -0.3 is 15.4 Å². The lowest BCUT2D eigenvalue weighted by molar-refractivity contribution is -0.141. The SMILES string of the molecule is OC[C@H](Cc1c[nH]c2ccccc12)Nc1nccc(C(F)(F)F)n1. The number of hydrogen-bond acceptors (Lipinski definition) is 4. The zero-order valence-corrected chi connectivity index (χ0v) is 12.5. The van der Waals surface area contributed by atoms with Crippen LogP contribution in [0, 0.1) is 0 Å². The summed E-state index contributed by atoms with van der Waals surface area (Å²) < 4.78 is 38.1. The molecule has 0 aliphatic carbocycles. The van der Waals surface area contributed by atoms with E-state index in [0.717, 1.165) is 28.7 Å². The smallest absolute Gasteiger partial charge is 0.394 e. The van der Waals surface area contributed by atoms with Gasteiger partial charge in [-0.15, -0.1) is 0 Å². The van der Waals surface area contributed by atoms with Gasteiger partial charge in [0, 0.05) is 23.3 Å². The Morgan fingerprint density at radius 2 is 2.00 bits per heavy atom. The number of rotatable bonds is 5. The molecule has 2 heterocycles. The molecule has 0 unspecified atom stereocenters. The number of nitrogens with zero attached hydrogens (tertiary/aromatic N) is 2. The van der Waals surface area contributed by atoms with E-state index in [-0.39, 0.29) is 12.6 Å². The Hall–Kier alpha value is -2.61. The van der Waals surface area contributed by atoms with Gasteiger partial charge in [-0.2, -0.15) is 13.2 Å². The summed E-state index contributed by atoms with van der Waals surface area (Å²) in [7, 11) is 0. The molecule has 2 aromatic heterocycles. The number of alkyl halides is 3. The number of halogens is 3. The van der Waals surface area contributed by atoms with E-state index in [4.69, 9.17) is 0 Å². The predicted octanol–water partition coefficient (Wildman–Crippen LogP) is 2.99. The fraction of sp³-hybridized carbons (Fsp3) is 0.250. The number of aromatic nitrogens is 3. The summed E-state index contributed by atoms with van der Waals surface area (Å²) in [6.45, 7) is -0.265. The fourth-order valence-electron chi connectivity index (χ4n) is 2.50. The molecule has 3 N–H and O–H groups in total. The van der Waals surface area contributed by atoms with E-state index < -0.39 is 17.9 Å². The zero-order chi connectivity index (χ0) is 17.2. The number of aromatic amines is 1. The Morgan fingerprint density at radius 3 is 2.75 bits per heavy atom. The molecule has 8 heteroatoms. The minimum atomic E-state index is -4.54. The first-order valence-electron chi connectivity index (χ1n) is 7.30. The number of hydrogen-bond donors (Lipinski definition) is 3. The van der Waals surface area contributed by atoms with Crippen LogP contribution in [0.2, 0.25) is 0 Å². The van der Waals surface area contributed by atoms with Crippen LogP contribution in [0.4, 0.5) is 19.1 Å². The molecule has 1 aromatic carbocycles. The summed E-state index contributed by atoms with van der Waals surface area (Å²) in [6, 6.07) is 7.97. The molecule has 0 amide bonds. The van der Waals surface area contributed by atoms with E-state index in [1.54, 1.807) is 0 Å². The summed E-state index contributed by atoms with van der Waals surface area (Å²) in [4.78, 5) is 10.4. The second-order valence-corrected chi connectivity index (χ2v) is 5.35. The van der Waals surface area contributed by atoms with Crippen molar-refractivity contribution in [1.82, 2.24) is 15.0 Å². The van der Waals surface area contributed by atoms with Crippen LogP contribution in [0.1, 0.15) is 11.3 Å². The fourth-order valence-corrected chi connectivity index (χ4v) is 2.50. The summed E-state index contributed by atoms with van der Waals surface area (Å²) in [5.41, 5.74) is 0.882. The average molecular weight is 336 g/mol. The largest absolute Gasteiger partial charge is 0.433 e. The molecule has 0 radical (unpaired) electrons. The first-order chi connectivity index (χ1) is 11.5. The molecule has 0 spiro atoms. The number of fused-ring (bicyclic) bond motifs is 1. The maximum Gasteiger partial charge on any atom is 0.433 e. The van der Waals surface area contributed by atoms with Crippen LogP contribution in [0.25, 0.3) is 10.9 Å². The lowest BCUT2D eigenvalue weighted by Gasteiger charge is -2.16. The third-order valence-corrected chi connectivity index (χ3v) is 3.64. The van der Waals surface area contributed by atoms with Crippen molar-refractivity contribution in [2.24, 2.45) is 0 Å². The van der Waals surface area contributed by atoms with Crippen molar-refractivity contribution in [3.05, 3.63) is 54.0 Å². The van der Waals surface area contributed by atoms with Crippen molar-refractivity contribution in [3.63, 3.8) is 0 Å². The van der Waals surface area contributed by atoms with Crippen LogP contribution in [0.15, 0.2) is 42.7 Å². The van der Waals surface area contributed by atoms with Gasteiger partial charge in [0.1, 0.15) is 5.69 Å². The molecule has 126 valence electrons. The normalized spacial score (nSPS) is 13.2. The summed E-state index contributed by atoms with van der Waals surface area (Å²) in [6.07, 6.45) is -1.26. The monoisotopic (exact) mass is 336 g/mol. The van der Waals surface area contributed by atoms with Crippen molar-refractivity contribution in [3.8, 4) is 0 Å². The van der Waals surface area contributed by atoms with Crippen molar-refractivity contribution in [1.29, 1.82) is 0 Å². The number of para-hydroxylation sites is 1. The van der Waals surface area contributed by atoms with Crippen LogP contribution < -0.4 is 5.32 Å². The highest BCUT2D eigenvalue weighted by Crippen LogP contribution is 2.27. The molecule has 0 saturated heterocycles. The van der Waals surface area contributed by atoms with E-state index in [1.807, 2.05) is 30.5 Å². The molecule has 0 saturated carbocycles. The highest BCUT2D eigenvalue weighted by molar-refractivity contribution is 5.83. The molecule has 24 heavy (non-hydrogen) atoms. The zero-order valence-electron chi connectivity index (χ0n) is 12.5. The molecular formula is C16H15F3N4O. The maximum atomic E-state index is 12.7. The van der Waals surface area contributed by atoms with Crippen LogP contribution >= 0.6 is 0 Å². The Morgan fingerprint density at radius 1 is 1.21 bits per heavy atom. The van der Waals surface area contributed by atoms with Crippen molar-refractivity contribution < 1.29 is 18.3 Å². The van der Waals surface area contributed by atoms with Gasteiger partial charge in [0.25, 0.3) is 0 Å². The van der Waals surface area contributed by atoms with Crippen molar-refractivity contribution in [2.45, 2.75) is 18.6 Å². The molecule has 0 bridgehead atoms. The first kappa shape index (κ1) is 16.3. The van der Waals surface area contributed by atoms with E-state index in [9.17, 15) is 18.3 Å². The number of benzene rings is 1. The number of H-pyrrole nitrogens is 1. The van der Waals surface area contributed by atoms with E-state index >= 15 is 0 Å². The van der Waals surface area contributed by atoms with E-state index in [1.165, 1.54) is 0 Å². The van der Waals surface area contributed by atoms with Gasteiger partial charge >= 0.3 is 6.18 Å². The Balaban J connectivity index is 1.78. The summed E-state index contributed by atoms with van der Waals surface area (Å²) in [5, 5.41) is 13.3. The van der Waals surface area contributed by atoms with Crippen LogP contribution in [-0.4, -0.2) is 32.7 Å². The molecule has 0 aliphatic heterocycles. The standard InChI is InChI=1S/C16H15F3N4O/c17-16(18,19)14-5-6-20-15(23-14)22-11(9-24)7-10-8-21-13-4-2-1-3-12(10)13/h1-6,8,11,21,24H,7,9H2,(H,20,22,23)/t11-/m0/s1. The Labute approximate surface area is 135 Å². The van der Waals surface area contributed by atoms with E-state index in [0.29, 0.717) is 6.42 Å². The highest BCUT2D eigenvalue weighted by atomic mass is 19.4. The number of aliphatic hydroxyl groups is 1. The van der Waals surface area contributed by atoms with Gasteiger partial charge in [-0.05, 0) is 24.1 Å². The second-order valence-electron chi connectivity index (χ2n) is 5.35. The van der Waals surface area contributed by atoms with Gasteiger partial charge in [0.05, 0.1) is 12.6 Å². The molecule has 1 atom stereocenters. The number of anilines is 1. The van der Waals surface area contributed by atoms with Gasteiger partial charge in [0.15, 0.2) is 0 Å². The van der Waals surface area contributed by atoms with E-state index in [2.05, 4.69) is 20.3 Å². The lowest BCUT2D eigenvalue weighted by Crippen LogP contribution is -2.27. The first-order valence-corrected chi connectivity index (χ1v) is 7.30. The lowest BCUT2D eigenvalue weighted by atomic mass is 10.1. The van der Waals surface area contributed by atoms with Gasteiger partial charge in [-0.25, -0.2) is 9.97 Å². The molecule has 3 rings (SSSR count). The minimum Gasteiger partial charge on any atom is -0.394 e. The van der Waals surface area contributed by atoms with Gasteiger partial charge in [-0.3, -0.25) is 0 Å². The minimum absolute atomic E-state index is 0.163. The highest BCUT2D eigenvalue weighted by Gasteiger charge is 2.32. The van der Waals surface area contributed by atoms with Crippen LogP contribution in [0.3, 0.4) is 0 Å². The topological polar surface area (TPSA) is 73.8 Å².